The number of rotatable bonds is 5. The molecule has 2 aliphatic rings. The molecule has 0 aromatic rings. The van der Waals surface area contributed by atoms with Gasteiger partial charge in [0.1, 0.15) is 0 Å². The molecule has 2 saturated heterocycles. The second kappa shape index (κ2) is 8.29. The second-order valence-corrected chi connectivity index (χ2v) is 6.37. The summed E-state index contributed by atoms with van der Waals surface area (Å²) in [6, 6.07) is -0.352. The van der Waals surface area contributed by atoms with Gasteiger partial charge < -0.3 is 19.6 Å². The molecule has 2 fully saturated rings. The van der Waals surface area contributed by atoms with Crippen LogP contribution in [0.2, 0.25) is 0 Å². The lowest BCUT2D eigenvalue weighted by Gasteiger charge is -2.29. The molecule has 0 spiro atoms. The van der Waals surface area contributed by atoms with E-state index in [0.29, 0.717) is 25.9 Å². The molecular weight excluding hydrogens is 300 g/mol. The van der Waals surface area contributed by atoms with Crippen molar-refractivity contribution in [1.29, 1.82) is 0 Å². The summed E-state index contributed by atoms with van der Waals surface area (Å²) in [4.78, 5) is 38.9. The summed E-state index contributed by atoms with van der Waals surface area (Å²) in [6.45, 7) is 1.05. The Morgan fingerprint density at radius 3 is 2.70 bits per heavy atom. The molecular formula is C16H26N2O5. The molecule has 0 bridgehead atoms. The van der Waals surface area contributed by atoms with Crippen molar-refractivity contribution < 1.29 is 24.2 Å². The number of nitrogens with zero attached hydrogens (tertiary/aromatic N) is 2. The topological polar surface area (TPSA) is 87.2 Å². The number of aliphatic carboxylic acids is 1. The first-order valence-corrected chi connectivity index (χ1v) is 8.33. The zero-order chi connectivity index (χ0) is 16.8. The fourth-order valence-corrected chi connectivity index (χ4v) is 3.38. The highest BCUT2D eigenvalue weighted by molar-refractivity contribution is 5.85. The Morgan fingerprint density at radius 1 is 1.26 bits per heavy atom. The Balaban J connectivity index is 1.98. The van der Waals surface area contributed by atoms with Crippen LogP contribution < -0.4 is 0 Å². The van der Waals surface area contributed by atoms with Crippen molar-refractivity contribution in [2.75, 3.05) is 26.7 Å². The van der Waals surface area contributed by atoms with E-state index < -0.39 is 5.97 Å². The summed E-state index contributed by atoms with van der Waals surface area (Å²) in [5.74, 6) is -1.08. The Morgan fingerprint density at radius 2 is 2.00 bits per heavy atom. The van der Waals surface area contributed by atoms with Gasteiger partial charge in [-0.1, -0.05) is 12.8 Å². The molecule has 0 saturated carbocycles. The van der Waals surface area contributed by atoms with E-state index in [0.717, 1.165) is 25.7 Å². The molecule has 7 nitrogen and oxygen atoms in total. The normalized spacial score (nSPS) is 26.0. The standard InChI is InChI=1S/C16H26N2O5/c1-23-13-8-12(9-16(21)22)18(10-13)15(20)11-17-7-5-3-2-4-6-14(17)19/h12-13H,2-11H2,1H3,(H,21,22). The minimum absolute atomic E-state index is 0.0234. The van der Waals surface area contributed by atoms with Crippen molar-refractivity contribution >= 4 is 17.8 Å². The van der Waals surface area contributed by atoms with Gasteiger partial charge in [0, 0.05) is 32.7 Å². The van der Waals surface area contributed by atoms with Crippen molar-refractivity contribution in [2.24, 2.45) is 0 Å². The van der Waals surface area contributed by atoms with E-state index in [1.165, 1.54) is 0 Å². The Kier molecular flexibility index (Phi) is 6.38. The average molecular weight is 326 g/mol. The number of carboxylic acids is 1. The minimum Gasteiger partial charge on any atom is -0.481 e. The molecule has 0 radical (unpaired) electrons. The van der Waals surface area contributed by atoms with Crippen LogP contribution >= 0.6 is 0 Å². The number of ether oxygens (including phenoxy) is 1. The summed E-state index contributed by atoms with van der Waals surface area (Å²) < 4.78 is 5.28. The number of methoxy groups -OCH3 is 1. The lowest BCUT2D eigenvalue weighted by atomic mass is 10.1. The first kappa shape index (κ1) is 17.7. The number of carbonyl (C=O) groups is 3. The van der Waals surface area contributed by atoms with Gasteiger partial charge in [-0.3, -0.25) is 14.4 Å². The van der Waals surface area contributed by atoms with Gasteiger partial charge in [-0.05, 0) is 19.3 Å². The number of carbonyl (C=O) groups excluding carboxylic acids is 2. The highest BCUT2D eigenvalue weighted by Gasteiger charge is 2.37. The van der Waals surface area contributed by atoms with Crippen molar-refractivity contribution in [1.82, 2.24) is 9.80 Å². The SMILES string of the molecule is COC1CC(CC(=O)O)N(C(=O)CN2CCCCCCC2=O)C1. The molecule has 2 rings (SSSR count). The largest absolute Gasteiger partial charge is 0.481 e. The number of likely N-dealkylation sites (tertiary alicyclic amines) is 2. The van der Waals surface area contributed by atoms with Crippen LogP contribution in [0.15, 0.2) is 0 Å². The number of amides is 2. The molecule has 0 aromatic heterocycles. The van der Waals surface area contributed by atoms with Crippen LogP contribution in [-0.4, -0.2) is 71.6 Å². The minimum atomic E-state index is -0.924. The molecule has 0 aliphatic carbocycles. The average Bonchev–Trinajstić information content (AvgIpc) is 2.89. The van der Waals surface area contributed by atoms with Gasteiger partial charge in [0.2, 0.25) is 11.8 Å². The van der Waals surface area contributed by atoms with E-state index in [1.807, 2.05) is 0 Å². The van der Waals surface area contributed by atoms with E-state index in [9.17, 15) is 14.4 Å². The van der Waals surface area contributed by atoms with Gasteiger partial charge in [-0.25, -0.2) is 0 Å². The molecule has 7 heteroatoms. The van der Waals surface area contributed by atoms with Crippen molar-refractivity contribution in [2.45, 2.75) is 57.1 Å². The zero-order valence-corrected chi connectivity index (χ0v) is 13.7. The molecule has 2 atom stereocenters. The Hall–Kier alpha value is -1.63. The Labute approximate surface area is 136 Å². The van der Waals surface area contributed by atoms with E-state index >= 15 is 0 Å². The summed E-state index contributed by atoms with van der Waals surface area (Å²) in [5.41, 5.74) is 0. The molecule has 2 aliphatic heterocycles. The van der Waals surface area contributed by atoms with Crippen LogP contribution in [0, 0.1) is 0 Å². The number of hydrogen-bond donors (Lipinski definition) is 1. The van der Waals surface area contributed by atoms with Crippen LogP contribution in [-0.2, 0) is 19.1 Å². The highest BCUT2D eigenvalue weighted by Crippen LogP contribution is 2.23. The summed E-state index contributed by atoms with van der Waals surface area (Å²) in [6.07, 6.45) is 4.74. The summed E-state index contributed by atoms with van der Waals surface area (Å²) >= 11 is 0. The second-order valence-electron chi connectivity index (χ2n) is 6.37. The predicted molar refractivity (Wildman–Crippen MR) is 82.8 cm³/mol. The van der Waals surface area contributed by atoms with Crippen molar-refractivity contribution in [3.63, 3.8) is 0 Å². The lowest BCUT2D eigenvalue weighted by molar-refractivity contribution is -0.143. The van der Waals surface area contributed by atoms with Crippen molar-refractivity contribution in [3.05, 3.63) is 0 Å². The summed E-state index contributed by atoms with van der Waals surface area (Å²) in [5, 5.41) is 9.02. The third-order valence-electron chi connectivity index (χ3n) is 4.69. The van der Waals surface area contributed by atoms with E-state index in [4.69, 9.17) is 9.84 Å². The fraction of sp³-hybridized carbons (Fsp3) is 0.812. The van der Waals surface area contributed by atoms with Crippen LogP contribution in [0.5, 0.6) is 0 Å². The highest BCUT2D eigenvalue weighted by atomic mass is 16.5. The first-order chi connectivity index (χ1) is 11.0. The van der Waals surface area contributed by atoms with E-state index in [-0.39, 0.29) is 36.9 Å². The predicted octanol–water partition coefficient (Wildman–Crippen LogP) is 0.870. The van der Waals surface area contributed by atoms with Gasteiger partial charge >= 0.3 is 5.97 Å². The third-order valence-corrected chi connectivity index (χ3v) is 4.69. The van der Waals surface area contributed by atoms with Gasteiger partial charge in [0.15, 0.2) is 0 Å². The monoisotopic (exact) mass is 326 g/mol. The lowest BCUT2D eigenvalue weighted by Crippen LogP contribution is -2.46. The van der Waals surface area contributed by atoms with Crippen molar-refractivity contribution in [3.8, 4) is 0 Å². The molecule has 1 N–H and O–H groups in total. The number of carboxylic acid groups (broad SMARTS) is 1. The maximum atomic E-state index is 12.6. The van der Waals surface area contributed by atoms with Gasteiger partial charge in [-0.2, -0.15) is 0 Å². The Bertz CT molecular complexity index is 454. The quantitative estimate of drug-likeness (QED) is 0.810. The maximum Gasteiger partial charge on any atom is 0.305 e. The van der Waals surface area contributed by atoms with Gasteiger partial charge in [0.25, 0.3) is 0 Å². The van der Waals surface area contributed by atoms with E-state index in [2.05, 4.69) is 0 Å². The number of hydrogen-bond acceptors (Lipinski definition) is 4. The fourth-order valence-electron chi connectivity index (χ4n) is 3.38. The molecule has 2 unspecified atom stereocenters. The van der Waals surface area contributed by atoms with Crippen LogP contribution in [0.25, 0.3) is 0 Å². The third kappa shape index (κ3) is 4.92. The molecule has 23 heavy (non-hydrogen) atoms. The summed E-state index contributed by atoms with van der Waals surface area (Å²) in [7, 11) is 1.57. The molecule has 2 heterocycles. The van der Waals surface area contributed by atoms with Crippen LogP contribution in [0.1, 0.15) is 44.9 Å². The van der Waals surface area contributed by atoms with Gasteiger partial charge in [-0.15, -0.1) is 0 Å². The first-order valence-electron chi connectivity index (χ1n) is 8.33. The zero-order valence-electron chi connectivity index (χ0n) is 13.7. The smallest absolute Gasteiger partial charge is 0.305 e. The van der Waals surface area contributed by atoms with Crippen LogP contribution in [0.3, 0.4) is 0 Å². The van der Waals surface area contributed by atoms with Gasteiger partial charge in [0.05, 0.1) is 19.1 Å². The van der Waals surface area contributed by atoms with E-state index in [1.54, 1.807) is 16.9 Å². The molecule has 130 valence electrons. The molecule has 2 amide bonds. The van der Waals surface area contributed by atoms with Crippen LogP contribution in [0.4, 0.5) is 0 Å². The molecule has 0 aromatic carbocycles. The maximum absolute atomic E-state index is 12.6.